The maximum absolute atomic E-state index is 5.99. The Bertz CT molecular complexity index is 959. The molecule has 4 rings (SSSR count). The molecular formula is C14H11ClN6O2. The van der Waals surface area contributed by atoms with E-state index < -0.39 is 0 Å². The van der Waals surface area contributed by atoms with E-state index in [-0.39, 0.29) is 5.28 Å². The molecule has 0 saturated heterocycles. The summed E-state index contributed by atoms with van der Waals surface area (Å²) in [6.07, 6.45) is 1.62. The number of aromatic nitrogens is 5. The fourth-order valence-corrected chi connectivity index (χ4v) is 2.39. The lowest BCUT2D eigenvalue weighted by Gasteiger charge is -2.04. The molecule has 23 heavy (non-hydrogen) atoms. The van der Waals surface area contributed by atoms with Crippen molar-refractivity contribution in [1.82, 2.24) is 25.1 Å². The predicted octanol–water partition coefficient (Wildman–Crippen LogP) is 3.17. The Labute approximate surface area is 134 Å². The second-order valence-corrected chi connectivity index (χ2v) is 5.20. The first-order valence-corrected chi connectivity index (χ1v) is 7.20. The molecule has 0 aromatic carbocycles. The lowest BCUT2D eigenvalue weighted by Crippen LogP contribution is -2.01. The third-order valence-electron chi connectivity index (χ3n) is 3.23. The Morgan fingerprint density at radius 1 is 1.30 bits per heavy atom. The monoisotopic (exact) mass is 330 g/mol. The van der Waals surface area contributed by atoms with Gasteiger partial charge >= 0.3 is 0 Å². The Hall–Kier alpha value is -2.87. The molecule has 4 heterocycles. The quantitative estimate of drug-likeness (QED) is 0.553. The maximum Gasteiger partial charge on any atom is 0.274 e. The number of aryl methyl sites for hydroxylation is 1. The molecule has 8 nitrogen and oxygen atoms in total. The van der Waals surface area contributed by atoms with Crippen LogP contribution in [0.4, 0.5) is 5.82 Å². The van der Waals surface area contributed by atoms with Gasteiger partial charge in [0.1, 0.15) is 22.9 Å². The van der Waals surface area contributed by atoms with Crippen molar-refractivity contribution in [3.63, 3.8) is 0 Å². The highest BCUT2D eigenvalue weighted by atomic mass is 35.5. The second kappa shape index (κ2) is 5.40. The minimum atomic E-state index is 0.134. The van der Waals surface area contributed by atoms with Crippen LogP contribution in [-0.2, 0) is 6.54 Å². The molecule has 0 unspecified atom stereocenters. The van der Waals surface area contributed by atoms with Gasteiger partial charge in [-0.2, -0.15) is 9.97 Å². The summed E-state index contributed by atoms with van der Waals surface area (Å²) in [4.78, 5) is 15.7. The van der Waals surface area contributed by atoms with Crippen molar-refractivity contribution in [1.29, 1.82) is 0 Å². The van der Waals surface area contributed by atoms with Crippen LogP contribution in [-0.4, -0.2) is 25.1 Å². The average Bonchev–Trinajstić information content (AvgIpc) is 3.23. The molecule has 0 radical (unpaired) electrons. The molecule has 0 amide bonds. The van der Waals surface area contributed by atoms with Gasteiger partial charge in [0, 0.05) is 0 Å². The molecule has 0 spiro atoms. The zero-order valence-corrected chi connectivity index (χ0v) is 12.8. The number of aromatic amines is 1. The fourth-order valence-electron chi connectivity index (χ4n) is 2.22. The summed E-state index contributed by atoms with van der Waals surface area (Å²) in [5.74, 6) is 2.32. The highest BCUT2D eigenvalue weighted by Crippen LogP contribution is 2.27. The van der Waals surface area contributed by atoms with Crippen molar-refractivity contribution in [3.05, 3.63) is 41.3 Å². The molecule has 9 heteroatoms. The van der Waals surface area contributed by atoms with Crippen LogP contribution in [0, 0.1) is 6.92 Å². The van der Waals surface area contributed by atoms with Gasteiger partial charge in [-0.3, -0.25) is 0 Å². The number of rotatable bonds is 4. The van der Waals surface area contributed by atoms with E-state index in [4.69, 9.17) is 20.5 Å². The first-order chi connectivity index (χ1) is 11.2. The topological polar surface area (TPSA) is 106 Å². The number of furan rings is 1. The van der Waals surface area contributed by atoms with Crippen molar-refractivity contribution >= 4 is 28.5 Å². The van der Waals surface area contributed by atoms with Gasteiger partial charge in [-0.05, 0) is 36.7 Å². The van der Waals surface area contributed by atoms with Crippen molar-refractivity contribution < 1.29 is 8.94 Å². The van der Waals surface area contributed by atoms with Gasteiger partial charge in [0.05, 0.1) is 18.2 Å². The number of hydrogen-bond donors (Lipinski definition) is 2. The summed E-state index contributed by atoms with van der Waals surface area (Å²) in [6.45, 7) is 2.23. The van der Waals surface area contributed by atoms with E-state index in [1.54, 1.807) is 13.2 Å². The summed E-state index contributed by atoms with van der Waals surface area (Å²) in [6, 6.07) is 5.53. The molecule has 0 fully saturated rings. The lowest BCUT2D eigenvalue weighted by molar-refractivity contribution is 0.424. The molecule has 4 aromatic heterocycles. The van der Waals surface area contributed by atoms with E-state index in [2.05, 4.69) is 30.4 Å². The number of nitrogens with one attached hydrogen (secondary N) is 2. The molecule has 0 atom stereocenters. The Balaban J connectivity index is 1.73. The zero-order chi connectivity index (χ0) is 15.8. The minimum Gasteiger partial charge on any atom is -0.467 e. The molecular weight excluding hydrogens is 320 g/mol. The number of H-pyrrole nitrogens is 1. The lowest BCUT2D eigenvalue weighted by atomic mass is 10.3. The highest BCUT2D eigenvalue weighted by molar-refractivity contribution is 6.28. The Morgan fingerprint density at radius 3 is 2.96 bits per heavy atom. The zero-order valence-electron chi connectivity index (χ0n) is 12.0. The van der Waals surface area contributed by atoms with Crippen molar-refractivity contribution in [3.8, 4) is 11.6 Å². The van der Waals surface area contributed by atoms with Crippen LogP contribution in [0.2, 0.25) is 5.28 Å². The van der Waals surface area contributed by atoms with Crippen LogP contribution in [0.25, 0.3) is 22.6 Å². The first kappa shape index (κ1) is 13.8. The number of nitrogens with zero attached hydrogens (tertiary/aromatic N) is 4. The molecule has 0 bridgehead atoms. The maximum atomic E-state index is 5.99. The third kappa shape index (κ3) is 2.64. The number of halogens is 1. The fraction of sp³-hybridized carbons (Fsp3) is 0.143. The standard InChI is InChI=1S/C14H11ClN6O2/c1-7-17-13(23-21-7)10-5-9-11(16-6-8-3-2-4-22-8)19-14(15)20-12(9)18-10/h2-5H,6H2,1H3,(H2,16,18,19,20). The van der Waals surface area contributed by atoms with Crippen LogP contribution in [0.5, 0.6) is 0 Å². The predicted molar refractivity (Wildman–Crippen MR) is 83.0 cm³/mol. The SMILES string of the molecule is Cc1noc(-c2cc3c(NCc4ccco4)nc(Cl)nc3[nH]2)n1. The van der Waals surface area contributed by atoms with Crippen LogP contribution < -0.4 is 5.32 Å². The Kier molecular flexibility index (Phi) is 3.23. The van der Waals surface area contributed by atoms with E-state index in [0.717, 1.165) is 11.1 Å². The number of fused-ring (bicyclic) bond motifs is 1. The van der Waals surface area contributed by atoms with Gasteiger partial charge in [-0.15, -0.1) is 0 Å². The molecule has 0 aliphatic rings. The molecule has 116 valence electrons. The van der Waals surface area contributed by atoms with Crippen LogP contribution >= 0.6 is 11.6 Å². The van der Waals surface area contributed by atoms with Crippen LogP contribution in [0.1, 0.15) is 11.6 Å². The van der Waals surface area contributed by atoms with Crippen molar-refractivity contribution in [2.24, 2.45) is 0 Å². The van der Waals surface area contributed by atoms with Gasteiger partial charge in [0.15, 0.2) is 5.82 Å². The van der Waals surface area contributed by atoms with E-state index in [0.29, 0.717) is 35.4 Å². The highest BCUT2D eigenvalue weighted by Gasteiger charge is 2.15. The third-order valence-corrected chi connectivity index (χ3v) is 3.40. The van der Waals surface area contributed by atoms with E-state index >= 15 is 0 Å². The smallest absolute Gasteiger partial charge is 0.274 e. The normalized spacial score (nSPS) is 11.2. The first-order valence-electron chi connectivity index (χ1n) is 6.82. The van der Waals surface area contributed by atoms with Crippen LogP contribution in [0.15, 0.2) is 33.4 Å². The molecule has 0 saturated carbocycles. The Morgan fingerprint density at radius 2 is 2.22 bits per heavy atom. The van der Waals surface area contributed by atoms with E-state index in [9.17, 15) is 0 Å². The van der Waals surface area contributed by atoms with Gasteiger partial charge in [0.2, 0.25) is 5.28 Å². The van der Waals surface area contributed by atoms with E-state index in [1.165, 1.54) is 0 Å². The molecule has 2 N–H and O–H groups in total. The summed E-state index contributed by atoms with van der Waals surface area (Å²) in [5, 5.41) is 7.87. The summed E-state index contributed by atoms with van der Waals surface area (Å²) < 4.78 is 10.5. The molecule has 4 aromatic rings. The second-order valence-electron chi connectivity index (χ2n) is 4.87. The van der Waals surface area contributed by atoms with Gasteiger partial charge in [0.25, 0.3) is 5.89 Å². The van der Waals surface area contributed by atoms with Gasteiger partial charge in [-0.25, -0.2) is 4.98 Å². The van der Waals surface area contributed by atoms with Crippen molar-refractivity contribution in [2.75, 3.05) is 5.32 Å². The summed E-state index contributed by atoms with van der Waals surface area (Å²) in [5.41, 5.74) is 1.23. The average molecular weight is 331 g/mol. The number of hydrogen-bond acceptors (Lipinski definition) is 7. The van der Waals surface area contributed by atoms with Crippen LogP contribution in [0.3, 0.4) is 0 Å². The van der Waals surface area contributed by atoms with Gasteiger partial charge in [-0.1, -0.05) is 5.16 Å². The summed E-state index contributed by atoms with van der Waals surface area (Å²) in [7, 11) is 0. The largest absolute Gasteiger partial charge is 0.467 e. The molecule has 0 aliphatic carbocycles. The minimum absolute atomic E-state index is 0.134. The molecule has 0 aliphatic heterocycles. The van der Waals surface area contributed by atoms with Gasteiger partial charge < -0.3 is 19.2 Å². The summed E-state index contributed by atoms with van der Waals surface area (Å²) >= 11 is 5.99. The van der Waals surface area contributed by atoms with E-state index in [1.807, 2.05) is 18.2 Å². The van der Waals surface area contributed by atoms with Crippen molar-refractivity contribution in [2.45, 2.75) is 13.5 Å². The number of anilines is 1.